The van der Waals surface area contributed by atoms with Crippen molar-refractivity contribution in [3.63, 3.8) is 0 Å². The number of benzene rings is 1. The SMILES string of the molecule is CNCc1ccc(C2=N/C(=C/c3cccs3)C(=O)O2)cc1. The molecule has 1 aromatic heterocycles. The number of carbonyl (C=O) groups excluding carboxylic acids is 1. The molecule has 2 heterocycles. The van der Waals surface area contributed by atoms with Crippen molar-refractivity contribution in [3.8, 4) is 0 Å². The second-order valence-electron chi connectivity index (χ2n) is 4.58. The molecule has 21 heavy (non-hydrogen) atoms. The number of aliphatic imine (C=N–C) groups is 1. The first-order valence-corrected chi connectivity index (χ1v) is 7.44. The highest BCUT2D eigenvalue weighted by atomic mass is 32.1. The van der Waals surface area contributed by atoms with Gasteiger partial charge in [0, 0.05) is 17.0 Å². The highest BCUT2D eigenvalue weighted by molar-refractivity contribution is 7.10. The highest BCUT2D eigenvalue weighted by Gasteiger charge is 2.24. The van der Waals surface area contributed by atoms with Crippen molar-refractivity contribution < 1.29 is 9.53 Å². The number of hydrogen-bond donors (Lipinski definition) is 1. The smallest absolute Gasteiger partial charge is 0.363 e. The van der Waals surface area contributed by atoms with Crippen molar-refractivity contribution >= 4 is 29.3 Å². The minimum Gasteiger partial charge on any atom is -0.402 e. The van der Waals surface area contributed by atoms with Gasteiger partial charge >= 0.3 is 5.97 Å². The van der Waals surface area contributed by atoms with Crippen LogP contribution < -0.4 is 5.32 Å². The van der Waals surface area contributed by atoms with E-state index in [0.717, 1.165) is 17.0 Å². The van der Waals surface area contributed by atoms with Crippen molar-refractivity contribution in [1.82, 2.24) is 5.32 Å². The molecule has 1 aromatic carbocycles. The molecule has 0 saturated carbocycles. The summed E-state index contributed by atoms with van der Waals surface area (Å²) in [6.07, 6.45) is 1.75. The van der Waals surface area contributed by atoms with Crippen molar-refractivity contribution in [2.45, 2.75) is 6.54 Å². The van der Waals surface area contributed by atoms with Crippen LogP contribution >= 0.6 is 11.3 Å². The second kappa shape index (κ2) is 6.03. The van der Waals surface area contributed by atoms with Crippen LogP contribution in [0, 0.1) is 0 Å². The molecule has 0 bridgehead atoms. The Hall–Kier alpha value is -2.24. The summed E-state index contributed by atoms with van der Waals surface area (Å²) in [6.45, 7) is 0.802. The molecule has 0 spiro atoms. The average molecular weight is 298 g/mol. The van der Waals surface area contributed by atoms with E-state index in [4.69, 9.17) is 4.74 Å². The number of nitrogens with one attached hydrogen (secondary N) is 1. The lowest BCUT2D eigenvalue weighted by atomic mass is 10.1. The molecule has 2 aromatic rings. The van der Waals surface area contributed by atoms with E-state index < -0.39 is 5.97 Å². The van der Waals surface area contributed by atoms with Gasteiger partial charge in [0.2, 0.25) is 5.90 Å². The van der Waals surface area contributed by atoms with Crippen molar-refractivity contribution in [3.05, 3.63) is 63.5 Å². The summed E-state index contributed by atoms with van der Waals surface area (Å²) in [5.41, 5.74) is 2.31. The maximum absolute atomic E-state index is 11.8. The molecule has 5 heteroatoms. The topological polar surface area (TPSA) is 50.7 Å². The monoisotopic (exact) mass is 298 g/mol. The van der Waals surface area contributed by atoms with E-state index in [9.17, 15) is 4.79 Å². The lowest BCUT2D eigenvalue weighted by molar-refractivity contribution is -0.129. The third-order valence-corrected chi connectivity index (χ3v) is 3.84. The van der Waals surface area contributed by atoms with Gasteiger partial charge in [0.1, 0.15) is 0 Å². The summed E-state index contributed by atoms with van der Waals surface area (Å²) in [5.74, 6) is -0.0449. The Morgan fingerprint density at radius 1 is 1.29 bits per heavy atom. The second-order valence-corrected chi connectivity index (χ2v) is 5.56. The van der Waals surface area contributed by atoms with Crippen LogP contribution in [-0.4, -0.2) is 18.9 Å². The fourth-order valence-corrected chi connectivity index (χ4v) is 2.66. The Kier molecular flexibility index (Phi) is 3.94. The van der Waals surface area contributed by atoms with E-state index in [1.165, 1.54) is 5.56 Å². The van der Waals surface area contributed by atoms with Crippen LogP contribution in [0.2, 0.25) is 0 Å². The van der Waals surface area contributed by atoms with Gasteiger partial charge in [-0.05, 0) is 42.3 Å². The fourth-order valence-electron chi connectivity index (χ4n) is 2.01. The largest absolute Gasteiger partial charge is 0.402 e. The molecule has 0 fully saturated rings. The molecule has 0 radical (unpaired) electrons. The van der Waals surface area contributed by atoms with E-state index in [1.807, 2.05) is 48.8 Å². The molecule has 106 valence electrons. The quantitative estimate of drug-likeness (QED) is 0.697. The van der Waals surface area contributed by atoms with E-state index in [2.05, 4.69) is 10.3 Å². The maximum atomic E-state index is 11.8. The molecular formula is C16H14N2O2S. The van der Waals surface area contributed by atoms with Crippen LogP contribution in [0.25, 0.3) is 6.08 Å². The molecule has 0 aliphatic carbocycles. The van der Waals surface area contributed by atoms with Gasteiger partial charge < -0.3 is 10.1 Å². The predicted octanol–water partition coefficient (Wildman–Crippen LogP) is 2.81. The van der Waals surface area contributed by atoms with Crippen LogP contribution in [0.15, 0.2) is 52.5 Å². The van der Waals surface area contributed by atoms with Gasteiger partial charge in [0.25, 0.3) is 0 Å². The zero-order chi connectivity index (χ0) is 14.7. The molecule has 1 aliphatic heterocycles. The normalized spacial score (nSPS) is 16.1. The Morgan fingerprint density at radius 3 is 2.76 bits per heavy atom. The van der Waals surface area contributed by atoms with Gasteiger partial charge in [-0.15, -0.1) is 11.3 Å². The molecule has 0 unspecified atom stereocenters. The number of carbonyl (C=O) groups is 1. The predicted molar refractivity (Wildman–Crippen MR) is 84.1 cm³/mol. The van der Waals surface area contributed by atoms with Crippen molar-refractivity contribution in [1.29, 1.82) is 0 Å². The van der Waals surface area contributed by atoms with E-state index >= 15 is 0 Å². The van der Waals surface area contributed by atoms with E-state index in [-0.39, 0.29) is 0 Å². The number of esters is 1. The molecule has 1 N–H and O–H groups in total. The summed E-state index contributed by atoms with van der Waals surface area (Å²) in [6, 6.07) is 11.7. The van der Waals surface area contributed by atoms with Gasteiger partial charge in [0.05, 0.1) is 0 Å². The summed E-state index contributed by atoms with van der Waals surface area (Å²) in [5, 5.41) is 5.04. The molecule has 4 nitrogen and oxygen atoms in total. The number of ether oxygens (including phenoxy) is 1. The Bertz CT molecular complexity index is 700. The Morgan fingerprint density at radius 2 is 2.10 bits per heavy atom. The molecule has 0 saturated heterocycles. The summed E-state index contributed by atoms with van der Waals surface area (Å²) < 4.78 is 5.24. The Balaban J connectivity index is 1.84. The summed E-state index contributed by atoms with van der Waals surface area (Å²) in [4.78, 5) is 17.1. The molecule has 0 amide bonds. The van der Waals surface area contributed by atoms with Gasteiger partial charge in [-0.3, -0.25) is 0 Å². The van der Waals surface area contributed by atoms with Crippen LogP contribution in [0.1, 0.15) is 16.0 Å². The first-order chi connectivity index (χ1) is 10.3. The first-order valence-electron chi connectivity index (χ1n) is 6.56. The van der Waals surface area contributed by atoms with E-state index in [1.54, 1.807) is 17.4 Å². The lowest BCUT2D eigenvalue weighted by Crippen LogP contribution is -2.07. The minimum atomic E-state index is -0.405. The number of cyclic esters (lactones) is 1. The van der Waals surface area contributed by atoms with Crippen LogP contribution in [0.4, 0.5) is 0 Å². The third-order valence-electron chi connectivity index (χ3n) is 3.02. The number of hydrogen-bond acceptors (Lipinski definition) is 5. The number of rotatable bonds is 4. The number of thiophene rings is 1. The van der Waals surface area contributed by atoms with Gasteiger partial charge in [0.15, 0.2) is 5.70 Å². The van der Waals surface area contributed by atoms with Crippen LogP contribution in [0.3, 0.4) is 0 Å². The number of nitrogens with zero attached hydrogens (tertiary/aromatic N) is 1. The molecule has 1 aliphatic rings. The zero-order valence-electron chi connectivity index (χ0n) is 11.5. The molecule has 3 rings (SSSR count). The molecule has 0 atom stereocenters. The third kappa shape index (κ3) is 3.09. The lowest BCUT2D eigenvalue weighted by Gasteiger charge is -2.02. The molecular weight excluding hydrogens is 284 g/mol. The maximum Gasteiger partial charge on any atom is 0.363 e. The highest BCUT2D eigenvalue weighted by Crippen LogP contribution is 2.21. The van der Waals surface area contributed by atoms with Crippen LogP contribution in [0.5, 0.6) is 0 Å². The zero-order valence-corrected chi connectivity index (χ0v) is 12.3. The fraction of sp³-hybridized carbons (Fsp3) is 0.125. The van der Waals surface area contributed by atoms with Gasteiger partial charge in [-0.2, -0.15) is 0 Å². The van der Waals surface area contributed by atoms with Crippen LogP contribution in [-0.2, 0) is 16.1 Å². The summed E-state index contributed by atoms with van der Waals surface area (Å²) in [7, 11) is 1.90. The van der Waals surface area contributed by atoms with Gasteiger partial charge in [-0.1, -0.05) is 18.2 Å². The summed E-state index contributed by atoms with van der Waals surface area (Å²) >= 11 is 1.56. The standard InChI is InChI=1S/C16H14N2O2S/c1-17-10-11-4-6-12(7-5-11)15-18-14(16(19)20-15)9-13-3-2-8-21-13/h2-9,17H,10H2,1H3/b14-9+. The van der Waals surface area contributed by atoms with Gasteiger partial charge in [-0.25, -0.2) is 9.79 Å². The average Bonchev–Trinajstić information content (AvgIpc) is 3.11. The Labute approximate surface area is 126 Å². The van der Waals surface area contributed by atoms with Crippen molar-refractivity contribution in [2.24, 2.45) is 4.99 Å². The minimum absolute atomic E-state index is 0.340. The van der Waals surface area contributed by atoms with Crippen molar-refractivity contribution in [2.75, 3.05) is 7.05 Å². The first kappa shape index (κ1) is 13.7. The van der Waals surface area contributed by atoms with E-state index in [0.29, 0.717) is 11.6 Å².